The second kappa shape index (κ2) is 6.24. The van der Waals surface area contributed by atoms with Gasteiger partial charge in [-0.1, -0.05) is 35.2 Å². The maximum atomic E-state index is 12.7. The van der Waals surface area contributed by atoms with Crippen molar-refractivity contribution in [2.24, 2.45) is 0 Å². The lowest BCUT2D eigenvalue weighted by Crippen LogP contribution is -2.52. The molecule has 7 heteroatoms. The van der Waals surface area contributed by atoms with Gasteiger partial charge in [0.2, 0.25) is 10.0 Å². The molecule has 5 nitrogen and oxygen atoms in total. The molecule has 0 atom stereocenters. The summed E-state index contributed by atoms with van der Waals surface area (Å²) in [5.41, 5.74) is 6.04. The Bertz CT molecular complexity index is 625. The molecular formula is C14H21BrN2O3S. The lowest BCUT2D eigenvalue weighted by Gasteiger charge is -2.36. The lowest BCUT2D eigenvalue weighted by atomic mass is 9.83. The first-order valence-electron chi connectivity index (χ1n) is 7.00. The number of anilines is 1. The zero-order valence-electron chi connectivity index (χ0n) is 12.0. The van der Waals surface area contributed by atoms with E-state index in [0.29, 0.717) is 28.6 Å². The molecule has 1 aliphatic carbocycles. The molecule has 0 aliphatic heterocycles. The van der Waals surface area contributed by atoms with E-state index in [2.05, 4.69) is 20.7 Å². The molecule has 118 valence electrons. The van der Waals surface area contributed by atoms with E-state index in [0.717, 1.165) is 19.3 Å². The van der Waals surface area contributed by atoms with Crippen molar-refractivity contribution in [1.82, 2.24) is 4.72 Å². The summed E-state index contributed by atoms with van der Waals surface area (Å²) < 4.78 is 28.7. The van der Waals surface area contributed by atoms with Crippen LogP contribution < -0.4 is 10.5 Å². The van der Waals surface area contributed by atoms with Crippen molar-refractivity contribution in [2.75, 3.05) is 12.3 Å². The molecule has 2 rings (SSSR count). The van der Waals surface area contributed by atoms with E-state index in [1.54, 1.807) is 19.1 Å². The summed E-state index contributed by atoms with van der Waals surface area (Å²) >= 11 is 3.27. The summed E-state index contributed by atoms with van der Waals surface area (Å²) in [6, 6.07) is 3.22. The van der Waals surface area contributed by atoms with Crippen molar-refractivity contribution >= 4 is 31.6 Å². The summed E-state index contributed by atoms with van der Waals surface area (Å²) in [5, 5.41) is 9.67. The first-order chi connectivity index (χ1) is 9.80. The van der Waals surface area contributed by atoms with E-state index >= 15 is 0 Å². The molecule has 0 amide bonds. The zero-order valence-corrected chi connectivity index (χ0v) is 14.4. The number of sulfonamides is 1. The maximum Gasteiger partial charge on any atom is 0.241 e. The SMILES string of the molecule is Cc1c(N)cc(Br)cc1S(=O)(=O)NC1(CO)CCCCC1. The van der Waals surface area contributed by atoms with Gasteiger partial charge >= 0.3 is 0 Å². The van der Waals surface area contributed by atoms with Gasteiger partial charge in [0.1, 0.15) is 0 Å². The Morgan fingerprint density at radius 3 is 2.52 bits per heavy atom. The van der Waals surface area contributed by atoms with Crippen molar-refractivity contribution in [1.29, 1.82) is 0 Å². The van der Waals surface area contributed by atoms with Crippen LogP contribution in [0.1, 0.15) is 37.7 Å². The fourth-order valence-electron chi connectivity index (χ4n) is 2.81. The number of hydrogen-bond donors (Lipinski definition) is 3. The van der Waals surface area contributed by atoms with Gasteiger partial charge in [0.25, 0.3) is 0 Å². The minimum absolute atomic E-state index is 0.160. The van der Waals surface area contributed by atoms with Crippen LogP contribution in [0.4, 0.5) is 5.69 Å². The highest BCUT2D eigenvalue weighted by Gasteiger charge is 2.36. The van der Waals surface area contributed by atoms with E-state index in [1.807, 2.05) is 0 Å². The van der Waals surface area contributed by atoms with E-state index in [-0.39, 0.29) is 11.5 Å². The molecule has 0 spiro atoms. The van der Waals surface area contributed by atoms with Crippen molar-refractivity contribution < 1.29 is 13.5 Å². The fourth-order valence-corrected chi connectivity index (χ4v) is 5.19. The Hall–Kier alpha value is -0.630. The molecule has 0 bridgehead atoms. The van der Waals surface area contributed by atoms with Gasteiger partial charge in [-0.3, -0.25) is 0 Å². The molecule has 21 heavy (non-hydrogen) atoms. The van der Waals surface area contributed by atoms with Crippen molar-refractivity contribution in [3.8, 4) is 0 Å². The van der Waals surface area contributed by atoms with E-state index < -0.39 is 15.6 Å². The summed E-state index contributed by atoms with van der Waals surface area (Å²) in [6.07, 6.45) is 4.23. The smallest absolute Gasteiger partial charge is 0.241 e. The van der Waals surface area contributed by atoms with Crippen LogP contribution in [0.25, 0.3) is 0 Å². The minimum Gasteiger partial charge on any atom is -0.398 e. The number of nitrogen functional groups attached to an aromatic ring is 1. The normalized spacial score (nSPS) is 18.6. The summed E-state index contributed by atoms with van der Waals surface area (Å²) in [6.45, 7) is 1.50. The number of halogens is 1. The molecule has 1 aromatic rings. The van der Waals surface area contributed by atoms with Crippen molar-refractivity contribution in [2.45, 2.75) is 49.5 Å². The Kier molecular flexibility index (Phi) is 4.97. The largest absolute Gasteiger partial charge is 0.398 e. The lowest BCUT2D eigenvalue weighted by molar-refractivity contribution is 0.142. The Morgan fingerprint density at radius 2 is 1.95 bits per heavy atom. The quantitative estimate of drug-likeness (QED) is 0.702. The first-order valence-corrected chi connectivity index (χ1v) is 9.28. The molecule has 0 saturated heterocycles. The van der Waals surface area contributed by atoms with Crippen molar-refractivity contribution in [3.63, 3.8) is 0 Å². The second-order valence-corrected chi connectivity index (χ2v) is 8.29. The monoisotopic (exact) mass is 376 g/mol. The Balaban J connectivity index is 2.38. The molecular weight excluding hydrogens is 356 g/mol. The van der Waals surface area contributed by atoms with Crippen LogP contribution in [-0.2, 0) is 10.0 Å². The van der Waals surface area contributed by atoms with Crippen LogP contribution in [0.3, 0.4) is 0 Å². The van der Waals surface area contributed by atoms with Gasteiger partial charge in [-0.2, -0.15) is 0 Å². The molecule has 1 fully saturated rings. The van der Waals surface area contributed by atoms with Gasteiger partial charge in [-0.05, 0) is 37.5 Å². The molecule has 1 saturated carbocycles. The third kappa shape index (κ3) is 3.59. The number of rotatable bonds is 4. The van der Waals surface area contributed by atoms with E-state index in [1.165, 1.54) is 0 Å². The molecule has 1 aromatic carbocycles. The molecule has 4 N–H and O–H groups in total. The third-order valence-electron chi connectivity index (χ3n) is 4.12. The number of nitrogens with one attached hydrogen (secondary N) is 1. The highest BCUT2D eigenvalue weighted by atomic mass is 79.9. The van der Waals surface area contributed by atoms with Crippen LogP contribution in [0.15, 0.2) is 21.5 Å². The van der Waals surface area contributed by atoms with Crippen LogP contribution >= 0.6 is 15.9 Å². The van der Waals surface area contributed by atoms with Crippen LogP contribution in [0, 0.1) is 6.92 Å². The molecule has 0 unspecified atom stereocenters. The Morgan fingerprint density at radius 1 is 1.33 bits per heavy atom. The third-order valence-corrected chi connectivity index (χ3v) is 6.28. The number of benzene rings is 1. The van der Waals surface area contributed by atoms with Gasteiger partial charge < -0.3 is 10.8 Å². The van der Waals surface area contributed by atoms with Gasteiger partial charge in [0.15, 0.2) is 0 Å². The molecule has 1 aliphatic rings. The van der Waals surface area contributed by atoms with E-state index in [9.17, 15) is 13.5 Å². The number of aliphatic hydroxyl groups excluding tert-OH is 1. The van der Waals surface area contributed by atoms with Gasteiger partial charge in [0.05, 0.1) is 17.0 Å². The van der Waals surface area contributed by atoms with E-state index in [4.69, 9.17) is 5.73 Å². The van der Waals surface area contributed by atoms with Crippen LogP contribution in [0.2, 0.25) is 0 Å². The highest BCUT2D eigenvalue weighted by Crippen LogP contribution is 2.32. The van der Waals surface area contributed by atoms with Crippen LogP contribution in [-0.4, -0.2) is 25.7 Å². The topological polar surface area (TPSA) is 92.4 Å². The number of hydrogen-bond acceptors (Lipinski definition) is 4. The molecule has 0 radical (unpaired) electrons. The summed E-state index contributed by atoms with van der Waals surface area (Å²) in [5.74, 6) is 0. The summed E-state index contributed by atoms with van der Waals surface area (Å²) in [7, 11) is -3.73. The standard InChI is InChI=1S/C14H21BrN2O3S/c1-10-12(16)7-11(15)8-13(10)21(19,20)17-14(9-18)5-3-2-4-6-14/h7-8,17-18H,2-6,9,16H2,1H3. The predicted molar refractivity (Wildman–Crippen MR) is 86.5 cm³/mol. The second-order valence-electron chi connectivity index (χ2n) is 5.72. The fraction of sp³-hybridized carbons (Fsp3) is 0.571. The van der Waals surface area contributed by atoms with Gasteiger partial charge in [-0.15, -0.1) is 0 Å². The number of aliphatic hydroxyl groups is 1. The van der Waals surface area contributed by atoms with Gasteiger partial charge in [-0.25, -0.2) is 13.1 Å². The minimum atomic E-state index is -3.73. The molecule has 0 aromatic heterocycles. The zero-order chi connectivity index (χ0) is 15.7. The average molecular weight is 377 g/mol. The maximum absolute atomic E-state index is 12.7. The first kappa shape index (κ1) is 16.7. The number of nitrogens with two attached hydrogens (primary N) is 1. The summed E-state index contributed by atoms with van der Waals surface area (Å²) in [4.78, 5) is 0.160. The predicted octanol–water partition coefficient (Wildman–Crippen LogP) is 2.31. The van der Waals surface area contributed by atoms with Gasteiger partial charge in [0, 0.05) is 10.2 Å². The van der Waals surface area contributed by atoms with Crippen LogP contribution in [0.5, 0.6) is 0 Å². The Labute approximate surface area is 134 Å². The average Bonchev–Trinajstić information content (AvgIpc) is 2.43. The molecule has 0 heterocycles. The van der Waals surface area contributed by atoms with Crippen molar-refractivity contribution in [3.05, 3.63) is 22.2 Å². The highest BCUT2D eigenvalue weighted by molar-refractivity contribution is 9.10.